The van der Waals surface area contributed by atoms with Crippen LogP contribution in [0.3, 0.4) is 0 Å². The normalized spacial score (nSPS) is 13.5. The Bertz CT molecular complexity index is 1080. The molecular formula is C17H10BrNO2S. The number of nitrogens with zero attached hydrogens (tertiary/aromatic N) is 1. The molecule has 1 aliphatic rings. The van der Waals surface area contributed by atoms with E-state index in [0.717, 1.165) is 25.3 Å². The molecular weight excluding hydrogens is 362 g/mol. The van der Waals surface area contributed by atoms with E-state index in [1.165, 1.54) is 11.3 Å². The van der Waals surface area contributed by atoms with Gasteiger partial charge in [-0.3, -0.25) is 4.79 Å². The lowest BCUT2D eigenvalue weighted by Gasteiger charge is -1.98. The maximum absolute atomic E-state index is 12.3. The predicted octanol–water partition coefficient (Wildman–Crippen LogP) is 3.04. The summed E-state index contributed by atoms with van der Waals surface area (Å²) in [6.07, 6.45) is 0. The minimum absolute atomic E-state index is 0.162. The summed E-state index contributed by atoms with van der Waals surface area (Å²) in [5.41, 5.74) is 1.55. The summed E-state index contributed by atoms with van der Waals surface area (Å²) in [6, 6.07) is 11.4. The van der Waals surface area contributed by atoms with Gasteiger partial charge in [0.05, 0.1) is 15.8 Å². The zero-order valence-electron chi connectivity index (χ0n) is 11.6. The zero-order valence-corrected chi connectivity index (χ0v) is 14.0. The van der Waals surface area contributed by atoms with Crippen molar-refractivity contribution >= 4 is 48.8 Å². The molecule has 2 heterocycles. The van der Waals surface area contributed by atoms with Crippen molar-refractivity contribution in [2.45, 2.75) is 6.92 Å². The lowest BCUT2D eigenvalue weighted by molar-refractivity contribution is -0.112. The Kier molecular flexibility index (Phi) is 2.96. The van der Waals surface area contributed by atoms with Gasteiger partial charge in [-0.2, -0.15) is 0 Å². The fraction of sp³-hybridized carbons (Fsp3) is 0.0588. The minimum Gasteiger partial charge on any atom is -0.506 e. The second-order valence-electron chi connectivity index (χ2n) is 5.23. The van der Waals surface area contributed by atoms with Crippen LogP contribution < -0.4 is 10.6 Å². The number of fused-ring (bicyclic) bond motifs is 2. The monoisotopic (exact) mass is 371 g/mol. The first-order valence-corrected chi connectivity index (χ1v) is 8.31. The Balaban J connectivity index is 2.11. The van der Waals surface area contributed by atoms with Crippen LogP contribution in [-0.2, 0) is 4.79 Å². The molecule has 1 N–H and O–H groups in total. The highest BCUT2D eigenvalue weighted by Gasteiger charge is 2.24. The van der Waals surface area contributed by atoms with Crippen LogP contribution in [0.2, 0.25) is 0 Å². The van der Waals surface area contributed by atoms with Crippen molar-refractivity contribution in [2.75, 3.05) is 0 Å². The van der Waals surface area contributed by atoms with Crippen LogP contribution in [0.15, 0.2) is 45.9 Å². The first-order valence-electron chi connectivity index (χ1n) is 6.70. The molecule has 0 bridgehead atoms. The van der Waals surface area contributed by atoms with Crippen LogP contribution in [0.1, 0.15) is 10.4 Å². The number of thiophene rings is 1. The van der Waals surface area contributed by atoms with Crippen LogP contribution in [0.25, 0.3) is 15.7 Å². The largest absolute Gasteiger partial charge is 0.506 e. The number of amides is 1. The van der Waals surface area contributed by atoms with Crippen molar-refractivity contribution in [2.24, 2.45) is 4.99 Å². The molecule has 0 fully saturated rings. The van der Waals surface area contributed by atoms with Crippen LogP contribution >= 0.6 is 27.3 Å². The fourth-order valence-electron chi connectivity index (χ4n) is 2.67. The molecule has 0 radical (unpaired) electrons. The number of carbonyl (C=O) groups is 1. The number of halogens is 1. The van der Waals surface area contributed by atoms with Gasteiger partial charge >= 0.3 is 0 Å². The molecule has 4 rings (SSSR count). The van der Waals surface area contributed by atoms with Gasteiger partial charge in [0.2, 0.25) is 0 Å². The Morgan fingerprint density at radius 2 is 2.00 bits per heavy atom. The summed E-state index contributed by atoms with van der Waals surface area (Å²) in [5.74, 6) is -0.137. The van der Waals surface area contributed by atoms with Crippen LogP contribution in [-0.4, -0.2) is 11.0 Å². The third-order valence-corrected chi connectivity index (χ3v) is 5.38. The maximum atomic E-state index is 12.3. The van der Waals surface area contributed by atoms with E-state index in [1.807, 2.05) is 37.3 Å². The average molecular weight is 372 g/mol. The number of carbonyl (C=O) groups excluding carboxylic acids is 1. The molecule has 1 amide bonds. The number of rotatable bonds is 1. The van der Waals surface area contributed by atoms with Gasteiger partial charge in [0.15, 0.2) is 0 Å². The Labute approximate surface area is 138 Å². The summed E-state index contributed by atoms with van der Waals surface area (Å²) in [5, 5.41) is 12.8. The van der Waals surface area contributed by atoms with E-state index >= 15 is 0 Å². The van der Waals surface area contributed by atoms with Crippen LogP contribution in [0.4, 0.5) is 0 Å². The standard InChI is InChI=1S/C17H10BrNO2S/c1-8-2-5-13-11(6-8)15(20)16(22-13)14-10-7-9(18)3-4-12(10)19-17(14)21/h2-7,20H,1H3. The predicted molar refractivity (Wildman–Crippen MR) is 90.7 cm³/mol. The van der Waals surface area contributed by atoms with E-state index in [4.69, 9.17) is 0 Å². The summed E-state index contributed by atoms with van der Waals surface area (Å²) in [4.78, 5) is 17.0. The van der Waals surface area contributed by atoms with Crippen LogP contribution in [0.5, 0.6) is 5.75 Å². The highest BCUT2D eigenvalue weighted by atomic mass is 79.9. The summed E-state index contributed by atoms with van der Waals surface area (Å²) in [7, 11) is 0. The van der Waals surface area contributed by atoms with Crippen molar-refractivity contribution in [3.05, 3.63) is 61.9 Å². The molecule has 0 saturated carbocycles. The summed E-state index contributed by atoms with van der Waals surface area (Å²) in [6.45, 7) is 1.98. The van der Waals surface area contributed by atoms with Gasteiger partial charge in [0, 0.05) is 19.8 Å². The molecule has 1 aromatic heterocycles. The third kappa shape index (κ3) is 1.93. The number of hydrogen-bond donors (Lipinski definition) is 1. The first-order chi connectivity index (χ1) is 10.5. The van der Waals surface area contributed by atoms with E-state index in [-0.39, 0.29) is 11.7 Å². The number of benzene rings is 2. The minimum atomic E-state index is -0.299. The number of aromatic hydroxyl groups is 1. The van der Waals surface area contributed by atoms with Gasteiger partial charge in [-0.1, -0.05) is 27.6 Å². The average Bonchev–Trinajstić information content (AvgIpc) is 2.96. The van der Waals surface area contributed by atoms with Crippen molar-refractivity contribution in [3.63, 3.8) is 0 Å². The molecule has 0 unspecified atom stereocenters. The lowest BCUT2D eigenvalue weighted by Crippen LogP contribution is -2.22. The second kappa shape index (κ2) is 4.76. The third-order valence-electron chi connectivity index (χ3n) is 3.71. The Morgan fingerprint density at radius 1 is 1.18 bits per heavy atom. The molecule has 0 saturated heterocycles. The smallest absolute Gasteiger partial charge is 0.279 e. The fourth-order valence-corrected chi connectivity index (χ4v) is 4.16. The summed E-state index contributed by atoms with van der Waals surface area (Å²) < 4.78 is 1.84. The molecule has 3 aromatic rings. The molecule has 5 heteroatoms. The highest BCUT2D eigenvalue weighted by Crippen LogP contribution is 2.41. The number of hydrogen-bond acceptors (Lipinski definition) is 3. The zero-order chi connectivity index (χ0) is 15.4. The van der Waals surface area contributed by atoms with Crippen molar-refractivity contribution in [1.29, 1.82) is 0 Å². The second-order valence-corrected chi connectivity index (χ2v) is 7.20. The van der Waals surface area contributed by atoms with E-state index in [0.29, 0.717) is 15.8 Å². The SMILES string of the molecule is Cc1ccc2sc(C3=c4cc(Br)ccc4=NC3=O)c(O)c2c1. The van der Waals surface area contributed by atoms with E-state index in [9.17, 15) is 9.90 Å². The van der Waals surface area contributed by atoms with Crippen molar-refractivity contribution in [1.82, 2.24) is 0 Å². The van der Waals surface area contributed by atoms with Gasteiger partial charge in [-0.25, -0.2) is 4.99 Å². The lowest BCUT2D eigenvalue weighted by atomic mass is 10.1. The molecule has 0 spiro atoms. The van der Waals surface area contributed by atoms with Gasteiger partial charge in [0.25, 0.3) is 5.91 Å². The molecule has 0 aliphatic carbocycles. The molecule has 2 aromatic carbocycles. The van der Waals surface area contributed by atoms with Crippen LogP contribution in [0, 0.1) is 6.92 Å². The molecule has 108 valence electrons. The van der Waals surface area contributed by atoms with E-state index < -0.39 is 0 Å². The van der Waals surface area contributed by atoms with Crippen molar-refractivity contribution in [3.8, 4) is 5.75 Å². The quantitative estimate of drug-likeness (QED) is 0.714. The maximum Gasteiger partial charge on any atom is 0.279 e. The van der Waals surface area contributed by atoms with Gasteiger partial charge in [-0.15, -0.1) is 11.3 Å². The molecule has 0 atom stereocenters. The molecule has 3 nitrogen and oxygen atoms in total. The van der Waals surface area contributed by atoms with Crippen molar-refractivity contribution < 1.29 is 9.90 Å². The Hall–Kier alpha value is -1.98. The van der Waals surface area contributed by atoms with Gasteiger partial charge < -0.3 is 5.11 Å². The Morgan fingerprint density at radius 3 is 2.82 bits per heavy atom. The first kappa shape index (κ1) is 13.7. The molecule has 22 heavy (non-hydrogen) atoms. The summed E-state index contributed by atoms with van der Waals surface area (Å²) >= 11 is 4.84. The van der Waals surface area contributed by atoms with Gasteiger partial charge in [-0.05, 0) is 37.3 Å². The van der Waals surface area contributed by atoms with E-state index in [2.05, 4.69) is 20.9 Å². The highest BCUT2D eigenvalue weighted by molar-refractivity contribution is 9.10. The molecule has 1 aliphatic heterocycles. The number of aryl methyl sites for hydroxylation is 1. The topological polar surface area (TPSA) is 49.7 Å². The van der Waals surface area contributed by atoms with E-state index in [1.54, 1.807) is 6.07 Å². The van der Waals surface area contributed by atoms with Gasteiger partial charge in [0.1, 0.15) is 5.75 Å².